The zero-order chi connectivity index (χ0) is 11.5. The van der Waals surface area contributed by atoms with Gasteiger partial charge in [-0.1, -0.05) is 6.07 Å². The zero-order valence-corrected chi connectivity index (χ0v) is 10.00. The molecule has 4 nitrogen and oxygen atoms in total. The van der Waals surface area contributed by atoms with E-state index in [1.54, 1.807) is 11.3 Å². The Labute approximate surface area is 103 Å². The summed E-state index contributed by atoms with van der Waals surface area (Å²) in [5, 5.41) is 5.39. The minimum atomic E-state index is 0.324. The number of hydrogen-bond acceptors (Lipinski definition) is 5. The highest BCUT2D eigenvalue weighted by Crippen LogP contribution is 2.32. The van der Waals surface area contributed by atoms with Crippen LogP contribution in [-0.4, -0.2) is 11.8 Å². The van der Waals surface area contributed by atoms with Crippen LogP contribution in [0.3, 0.4) is 0 Å². The molecule has 0 amide bonds. The van der Waals surface area contributed by atoms with E-state index in [2.05, 4.69) is 10.3 Å². The van der Waals surface area contributed by atoms with Crippen LogP contribution in [0.4, 0.5) is 0 Å². The standard InChI is InChI=1S/C12H12N2O2S/c1-2-11-12(16-8-15-11)3-9(1)4-13-5-10-6-17-7-14-10/h1-3,6-7,13H,4-5,8H2. The average Bonchev–Trinajstić information content (AvgIpc) is 2.98. The number of rotatable bonds is 4. The molecule has 3 rings (SSSR count). The van der Waals surface area contributed by atoms with Gasteiger partial charge in [0, 0.05) is 18.5 Å². The maximum atomic E-state index is 5.33. The summed E-state index contributed by atoms with van der Waals surface area (Å²) >= 11 is 1.61. The lowest BCUT2D eigenvalue weighted by atomic mass is 10.2. The summed E-state index contributed by atoms with van der Waals surface area (Å²) in [6.07, 6.45) is 0. The molecule has 0 spiro atoms. The number of hydrogen-bond donors (Lipinski definition) is 1. The second kappa shape index (κ2) is 4.73. The zero-order valence-electron chi connectivity index (χ0n) is 9.18. The highest BCUT2D eigenvalue weighted by atomic mass is 32.1. The van der Waals surface area contributed by atoms with E-state index in [0.29, 0.717) is 6.79 Å². The van der Waals surface area contributed by atoms with Gasteiger partial charge in [-0.05, 0) is 17.7 Å². The average molecular weight is 248 g/mol. The van der Waals surface area contributed by atoms with E-state index in [-0.39, 0.29) is 0 Å². The molecule has 88 valence electrons. The second-order valence-electron chi connectivity index (χ2n) is 3.77. The van der Waals surface area contributed by atoms with E-state index in [0.717, 1.165) is 30.3 Å². The molecule has 0 atom stereocenters. The molecular weight excluding hydrogens is 236 g/mol. The largest absolute Gasteiger partial charge is 0.454 e. The lowest BCUT2D eigenvalue weighted by molar-refractivity contribution is 0.174. The summed E-state index contributed by atoms with van der Waals surface area (Å²) < 4.78 is 10.6. The molecule has 5 heteroatoms. The summed E-state index contributed by atoms with van der Waals surface area (Å²) in [5.74, 6) is 1.66. The van der Waals surface area contributed by atoms with Crippen molar-refractivity contribution in [1.82, 2.24) is 10.3 Å². The molecule has 2 aromatic rings. The lowest BCUT2D eigenvalue weighted by Crippen LogP contribution is -2.12. The van der Waals surface area contributed by atoms with Gasteiger partial charge >= 0.3 is 0 Å². The maximum Gasteiger partial charge on any atom is 0.231 e. The number of nitrogens with one attached hydrogen (secondary N) is 1. The first-order chi connectivity index (χ1) is 8.42. The van der Waals surface area contributed by atoms with Crippen molar-refractivity contribution in [1.29, 1.82) is 0 Å². The third-order valence-corrected chi connectivity index (χ3v) is 3.19. The van der Waals surface area contributed by atoms with Crippen LogP contribution in [0.5, 0.6) is 11.5 Å². The van der Waals surface area contributed by atoms with Crippen molar-refractivity contribution < 1.29 is 9.47 Å². The minimum absolute atomic E-state index is 0.324. The van der Waals surface area contributed by atoms with Crippen LogP contribution < -0.4 is 14.8 Å². The fraction of sp³-hybridized carbons (Fsp3) is 0.250. The molecule has 0 unspecified atom stereocenters. The van der Waals surface area contributed by atoms with Gasteiger partial charge in [-0.3, -0.25) is 0 Å². The van der Waals surface area contributed by atoms with E-state index < -0.39 is 0 Å². The predicted molar refractivity (Wildman–Crippen MR) is 65.2 cm³/mol. The Hall–Kier alpha value is -1.59. The Kier molecular flexibility index (Phi) is 2.94. The van der Waals surface area contributed by atoms with Crippen LogP contribution in [0.25, 0.3) is 0 Å². The van der Waals surface area contributed by atoms with Crippen LogP contribution in [0.1, 0.15) is 11.3 Å². The molecule has 0 saturated carbocycles. The number of aromatic nitrogens is 1. The Bertz CT molecular complexity index is 499. The van der Waals surface area contributed by atoms with Crippen LogP contribution in [-0.2, 0) is 13.1 Å². The van der Waals surface area contributed by atoms with Crippen molar-refractivity contribution in [3.05, 3.63) is 40.3 Å². The fourth-order valence-corrected chi connectivity index (χ4v) is 2.27. The van der Waals surface area contributed by atoms with Crippen molar-refractivity contribution in [2.75, 3.05) is 6.79 Å². The van der Waals surface area contributed by atoms with Crippen molar-refractivity contribution in [2.45, 2.75) is 13.1 Å². The molecule has 1 aromatic carbocycles. The molecular formula is C12H12N2O2S. The summed E-state index contributed by atoms with van der Waals surface area (Å²) in [4.78, 5) is 4.22. The maximum absolute atomic E-state index is 5.33. The van der Waals surface area contributed by atoms with Gasteiger partial charge < -0.3 is 14.8 Å². The lowest BCUT2D eigenvalue weighted by Gasteiger charge is -2.04. The quantitative estimate of drug-likeness (QED) is 0.900. The molecule has 1 aliphatic rings. The van der Waals surface area contributed by atoms with Crippen LogP contribution >= 0.6 is 11.3 Å². The smallest absolute Gasteiger partial charge is 0.231 e. The number of ether oxygens (including phenoxy) is 2. The first-order valence-electron chi connectivity index (χ1n) is 5.38. The number of nitrogens with zero attached hydrogens (tertiary/aromatic N) is 1. The van der Waals surface area contributed by atoms with Crippen molar-refractivity contribution in [3.8, 4) is 11.5 Å². The van der Waals surface area contributed by atoms with Crippen LogP contribution in [0.2, 0.25) is 0 Å². The molecule has 1 N–H and O–H groups in total. The van der Waals surface area contributed by atoms with Gasteiger partial charge in [0.05, 0.1) is 11.2 Å². The second-order valence-corrected chi connectivity index (χ2v) is 4.49. The van der Waals surface area contributed by atoms with Crippen LogP contribution in [0.15, 0.2) is 29.1 Å². The number of fused-ring (bicyclic) bond motifs is 1. The molecule has 1 aliphatic heterocycles. The van der Waals surface area contributed by atoms with Crippen molar-refractivity contribution in [2.24, 2.45) is 0 Å². The van der Waals surface area contributed by atoms with Crippen molar-refractivity contribution in [3.63, 3.8) is 0 Å². The minimum Gasteiger partial charge on any atom is -0.454 e. The van der Waals surface area contributed by atoms with E-state index >= 15 is 0 Å². The monoisotopic (exact) mass is 248 g/mol. The highest BCUT2D eigenvalue weighted by molar-refractivity contribution is 7.07. The van der Waals surface area contributed by atoms with Gasteiger partial charge in [0.2, 0.25) is 6.79 Å². The summed E-state index contributed by atoms with van der Waals surface area (Å²) in [6, 6.07) is 6.00. The van der Waals surface area contributed by atoms with Gasteiger partial charge in [0.1, 0.15) is 0 Å². The van der Waals surface area contributed by atoms with Gasteiger partial charge in [-0.2, -0.15) is 0 Å². The van der Waals surface area contributed by atoms with E-state index in [1.807, 2.05) is 29.1 Å². The third-order valence-electron chi connectivity index (χ3n) is 2.56. The van der Waals surface area contributed by atoms with Gasteiger partial charge in [-0.25, -0.2) is 4.98 Å². The first-order valence-corrected chi connectivity index (χ1v) is 6.32. The Morgan fingerprint density at radius 1 is 1.24 bits per heavy atom. The van der Waals surface area contributed by atoms with Crippen LogP contribution in [0, 0.1) is 0 Å². The third kappa shape index (κ3) is 2.40. The number of thiazole rings is 1. The molecule has 17 heavy (non-hydrogen) atoms. The van der Waals surface area contributed by atoms with E-state index in [9.17, 15) is 0 Å². The molecule has 0 radical (unpaired) electrons. The number of benzene rings is 1. The van der Waals surface area contributed by atoms with E-state index in [4.69, 9.17) is 9.47 Å². The molecule has 1 aromatic heterocycles. The van der Waals surface area contributed by atoms with Gasteiger partial charge in [0.15, 0.2) is 11.5 Å². The molecule has 0 saturated heterocycles. The molecule has 0 aliphatic carbocycles. The molecule has 0 bridgehead atoms. The summed E-state index contributed by atoms with van der Waals surface area (Å²) in [7, 11) is 0. The van der Waals surface area contributed by atoms with E-state index in [1.165, 1.54) is 5.56 Å². The first kappa shape index (κ1) is 10.6. The van der Waals surface area contributed by atoms with Gasteiger partial charge in [-0.15, -0.1) is 11.3 Å². The summed E-state index contributed by atoms with van der Waals surface area (Å²) in [6.45, 7) is 1.91. The Morgan fingerprint density at radius 2 is 2.18 bits per heavy atom. The predicted octanol–water partition coefficient (Wildman–Crippen LogP) is 2.16. The Morgan fingerprint density at radius 3 is 3.06 bits per heavy atom. The van der Waals surface area contributed by atoms with Crippen molar-refractivity contribution >= 4 is 11.3 Å². The molecule has 0 fully saturated rings. The molecule has 2 heterocycles. The topological polar surface area (TPSA) is 43.4 Å². The normalized spacial score (nSPS) is 12.9. The highest BCUT2D eigenvalue weighted by Gasteiger charge is 2.12. The SMILES string of the molecule is c1nc(CNCc2ccc3c(c2)OCO3)cs1. The van der Waals surface area contributed by atoms with Gasteiger partial charge in [0.25, 0.3) is 0 Å². The summed E-state index contributed by atoms with van der Waals surface area (Å²) in [5.41, 5.74) is 4.11. The Balaban J connectivity index is 1.58. The fourth-order valence-electron chi connectivity index (χ4n) is 1.71.